The first-order valence-corrected chi connectivity index (χ1v) is 9.16. The number of rotatable bonds is 4. The van der Waals surface area contributed by atoms with Crippen LogP contribution in [-0.2, 0) is 4.79 Å². The number of hydrogen-bond donors (Lipinski definition) is 3. The lowest BCUT2D eigenvalue weighted by Gasteiger charge is -2.60. The van der Waals surface area contributed by atoms with Crippen molar-refractivity contribution in [3.05, 3.63) is 29.8 Å². The van der Waals surface area contributed by atoms with Gasteiger partial charge in [0.15, 0.2) is 0 Å². The molecule has 4 aliphatic rings. The van der Waals surface area contributed by atoms with Crippen molar-refractivity contribution in [2.45, 2.75) is 63.5 Å². The van der Waals surface area contributed by atoms with E-state index in [0.29, 0.717) is 18.3 Å². The lowest BCUT2D eigenvalue weighted by atomic mass is 9.47. The number of aliphatic hydroxyl groups is 1. The number of aromatic hydroxyl groups is 1. The molecule has 0 aliphatic heterocycles. The van der Waals surface area contributed by atoms with Crippen LogP contribution < -0.4 is 5.32 Å². The molecule has 0 heterocycles. The molecule has 0 spiro atoms. The minimum atomic E-state index is -0.520. The van der Waals surface area contributed by atoms with Crippen molar-refractivity contribution in [1.82, 2.24) is 5.32 Å². The van der Waals surface area contributed by atoms with E-state index in [0.717, 1.165) is 37.7 Å². The third-order valence-electron chi connectivity index (χ3n) is 6.47. The Labute approximate surface area is 143 Å². The zero-order chi connectivity index (χ0) is 16.9. The van der Waals surface area contributed by atoms with Crippen molar-refractivity contribution in [2.24, 2.45) is 17.3 Å². The fourth-order valence-corrected chi connectivity index (χ4v) is 6.17. The van der Waals surface area contributed by atoms with Gasteiger partial charge in [0.2, 0.25) is 5.91 Å². The van der Waals surface area contributed by atoms with Gasteiger partial charge in [-0.25, -0.2) is 0 Å². The predicted octanol–water partition coefficient (Wildman–Crippen LogP) is 3.29. The van der Waals surface area contributed by atoms with Crippen molar-refractivity contribution in [2.75, 3.05) is 0 Å². The number of phenols is 1. The lowest BCUT2D eigenvalue weighted by molar-refractivity contribution is -0.169. The Morgan fingerprint density at radius 2 is 1.92 bits per heavy atom. The smallest absolute Gasteiger partial charge is 0.221 e. The van der Waals surface area contributed by atoms with Gasteiger partial charge < -0.3 is 15.5 Å². The normalized spacial score (nSPS) is 38.1. The van der Waals surface area contributed by atoms with Gasteiger partial charge in [0, 0.05) is 12.0 Å². The zero-order valence-electron chi connectivity index (χ0n) is 14.3. The number of nitrogens with one attached hydrogen (secondary N) is 1. The van der Waals surface area contributed by atoms with E-state index in [2.05, 4.69) is 5.32 Å². The SMILES string of the molecule is C[C@H](NC(=O)CC12C[C@H]3C[C@@H](CC(O)(C3)C1)C2)c1ccccc1O. The molecule has 4 bridgehead atoms. The predicted molar refractivity (Wildman–Crippen MR) is 91.3 cm³/mol. The van der Waals surface area contributed by atoms with Gasteiger partial charge in [-0.3, -0.25) is 4.79 Å². The maximum atomic E-state index is 12.7. The second kappa shape index (κ2) is 5.48. The van der Waals surface area contributed by atoms with Crippen LogP contribution >= 0.6 is 0 Å². The number of amides is 1. The summed E-state index contributed by atoms with van der Waals surface area (Å²) in [6.07, 6.45) is 6.56. The van der Waals surface area contributed by atoms with Crippen LogP contribution in [0, 0.1) is 17.3 Å². The topological polar surface area (TPSA) is 69.6 Å². The van der Waals surface area contributed by atoms with Gasteiger partial charge in [-0.05, 0) is 68.8 Å². The third-order valence-corrected chi connectivity index (χ3v) is 6.47. The van der Waals surface area contributed by atoms with E-state index in [1.54, 1.807) is 12.1 Å². The number of para-hydroxylation sites is 1. The molecule has 0 unspecified atom stereocenters. The molecular formula is C20H27NO3. The van der Waals surface area contributed by atoms with Crippen LogP contribution in [0.15, 0.2) is 24.3 Å². The molecule has 0 saturated heterocycles. The Hall–Kier alpha value is -1.55. The molecule has 130 valence electrons. The highest BCUT2D eigenvalue weighted by Crippen LogP contribution is 2.62. The molecule has 4 saturated carbocycles. The maximum absolute atomic E-state index is 12.7. The second-order valence-corrected chi connectivity index (χ2v) is 8.71. The standard InChI is InChI=1S/C20H27NO3/c1-13(16-4-2-3-5-17(16)22)21-18(23)11-19-7-14-6-15(8-19)10-20(24,9-14)12-19/h2-5,13-15,22,24H,6-12H2,1H3,(H,21,23)/t13-,14+,15+,19?,20?/m0/s1. The average Bonchev–Trinajstić information content (AvgIpc) is 2.43. The minimum absolute atomic E-state index is 0.0125. The van der Waals surface area contributed by atoms with Crippen LogP contribution in [0.1, 0.15) is 63.5 Å². The van der Waals surface area contributed by atoms with E-state index in [4.69, 9.17) is 0 Å². The fourth-order valence-electron chi connectivity index (χ4n) is 6.17. The first-order valence-electron chi connectivity index (χ1n) is 9.16. The summed E-state index contributed by atoms with van der Waals surface area (Å²) in [6, 6.07) is 6.92. The molecule has 4 fully saturated rings. The van der Waals surface area contributed by atoms with Gasteiger partial charge in [0.25, 0.3) is 0 Å². The summed E-state index contributed by atoms with van der Waals surface area (Å²) in [5, 5.41) is 23.8. The number of carbonyl (C=O) groups is 1. The van der Waals surface area contributed by atoms with Crippen molar-refractivity contribution < 1.29 is 15.0 Å². The average molecular weight is 329 g/mol. The Morgan fingerprint density at radius 3 is 2.54 bits per heavy atom. The highest BCUT2D eigenvalue weighted by molar-refractivity contribution is 5.77. The molecular weight excluding hydrogens is 302 g/mol. The highest BCUT2D eigenvalue weighted by atomic mass is 16.3. The van der Waals surface area contributed by atoms with Gasteiger partial charge in [0.1, 0.15) is 5.75 Å². The van der Waals surface area contributed by atoms with Gasteiger partial charge in [0.05, 0.1) is 11.6 Å². The van der Waals surface area contributed by atoms with Crippen LogP contribution in [0.4, 0.5) is 0 Å². The van der Waals surface area contributed by atoms with Gasteiger partial charge >= 0.3 is 0 Å². The number of benzene rings is 1. The maximum Gasteiger partial charge on any atom is 0.221 e. The van der Waals surface area contributed by atoms with Crippen LogP contribution in [0.2, 0.25) is 0 Å². The Morgan fingerprint density at radius 1 is 1.25 bits per heavy atom. The van der Waals surface area contributed by atoms with Crippen LogP contribution in [-0.4, -0.2) is 21.7 Å². The van der Waals surface area contributed by atoms with E-state index < -0.39 is 5.60 Å². The summed E-state index contributed by atoms with van der Waals surface area (Å²) in [7, 11) is 0. The van der Waals surface area contributed by atoms with Crippen molar-refractivity contribution in [1.29, 1.82) is 0 Å². The van der Waals surface area contributed by atoms with Crippen molar-refractivity contribution in [3.63, 3.8) is 0 Å². The molecule has 1 aromatic rings. The first kappa shape index (κ1) is 15.9. The van der Waals surface area contributed by atoms with Crippen LogP contribution in [0.5, 0.6) is 5.75 Å². The summed E-state index contributed by atoms with van der Waals surface area (Å²) < 4.78 is 0. The molecule has 24 heavy (non-hydrogen) atoms. The molecule has 3 N–H and O–H groups in total. The summed E-state index contributed by atoms with van der Waals surface area (Å²) in [6.45, 7) is 1.90. The molecule has 4 aliphatic carbocycles. The second-order valence-electron chi connectivity index (χ2n) is 8.71. The minimum Gasteiger partial charge on any atom is -0.508 e. The summed E-state index contributed by atoms with van der Waals surface area (Å²) in [4.78, 5) is 12.7. The third kappa shape index (κ3) is 2.81. The quantitative estimate of drug-likeness (QED) is 0.794. The molecule has 3 atom stereocenters. The molecule has 4 heteroatoms. The van der Waals surface area contributed by atoms with Crippen LogP contribution in [0.3, 0.4) is 0 Å². The van der Waals surface area contributed by atoms with E-state index in [1.807, 2.05) is 19.1 Å². The van der Waals surface area contributed by atoms with E-state index in [1.165, 1.54) is 6.42 Å². The van der Waals surface area contributed by atoms with E-state index in [9.17, 15) is 15.0 Å². The van der Waals surface area contributed by atoms with E-state index in [-0.39, 0.29) is 23.1 Å². The molecule has 4 nitrogen and oxygen atoms in total. The summed E-state index contributed by atoms with van der Waals surface area (Å²) in [5.74, 6) is 1.45. The highest BCUT2D eigenvalue weighted by Gasteiger charge is 2.57. The largest absolute Gasteiger partial charge is 0.508 e. The molecule has 1 amide bonds. The molecule has 0 radical (unpaired) electrons. The molecule has 5 rings (SSSR count). The zero-order valence-corrected chi connectivity index (χ0v) is 14.3. The summed E-state index contributed by atoms with van der Waals surface area (Å²) >= 11 is 0. The van der Waals surface area contributed by atoms with E-state index >= 15 is 0 Å². The van der Waals surface area contributed by atoms with Crippen molar-refractivity contribution in [3.8, 4) is 5.75 Å². The molecule has 1 aromatic carbocycles. The van der Waals surface area contributed by atoms with Crippen LogP contribution in [0.25, 0.3) is 0 Å². The Kier molecular flexibility index (Phi) is 3.64. The first-order chi connectivity index (χ1) is 11.4. The van der Waals surface area contributed by atoms with Gasteiger partial charge in [-0.15, -0.1) is 0 Å². The monoisotopic (exact) mass is 329 g/mol. The van der Waals surface area contributed by atoms with Gasteiger partial charge in [-0.2, -0.15) is 0 Å². The fraction of sp³-hybridized carbons (Fsp3) is 0.650. The Bertz CT molecular complexity index is 642. The number of hydrogen-bond acceptors (Lipinski definition) is 3. The van der Waals surface area contributed by atoms with Crippen molar-refractivity contribution >= 4 is 5.91 Å². The summed E-state index contributed by atoms with van der Waals surface area (Å²) in [5.41, 5.74) is 0.213. The van der Waals surface area contributed by atoms with Gasteiger partial charge in [-0.1, -0.05) is 18.2 Å². The lowest BCUT2D eigenvalue weighted by Crippen LogP contribution is -2.56. The Balaban J connectivity index is 1.44. The molecule has 0 aromatic heterocycles. The number of phenolic OH excluding ortho intramolecular Hbond substituents is 1. The number of carbonyl (C=O) groups excluding carboxylic acids is 1.